The summed E-state index contributed by atoms with van der Waals surface area (Å²) in [6, 6.07) is 14.6. The predicted octanol–water partition coefficient (Wildman–Crippen LogP) is 5.40. The first kappa shape index (κ1) is 17.5. The van der Waals surface area contributed by atoms with Crippen LogP contribution in [0.2, 0.25) is 0 Å². The topological polar surface area (TPSA) is 79.8 Å². The van der Waals surface area contributed by atoms with Gasteiger partial charge in [-0.3, -0.25) is 10.1 Å². The number of rotatable bonds is 4. The molecule has 0 unspecified atom stereocenters. The molecule has 3 aromatic rings. The number of nitriles is 1. The lowest BCUT2D eigenvalue weighted by Gasteiger charge is -2.03. The maximum atomic E-state index is 11.2. The molecule has 2 aromatic carbocycles. The fourth-order valence-corrected chi connectivity index (χ4v) is 3.48. The van der Waals surface area contributed by atoms with Crippen LogP contribution in [0.1, 0.15) is 21.7 Å². The van der Waals surface area contributed by atoms with Crippen molar-refractivity contribution in [3.8, 4) is 17.3 Å². The van der Waals surface area contributed by atoms with E-state index in [9.17, 15) is 15.4 Å². The lowest BCUT2D eigenvalue weighted by atomic mass is 10.0. The summed E-state index contributed by atoms with van der Waals surface area (Å²) in [5, 5.41) is 23.1. The molecule has 0 amide bonds. The summed E-state index contributed by atoms with van der Waals surface area (Å²) >= 11 is 1.35. The van der Waals surface area contributed by atoms with E-state index in [0.717, 1.165) is 16.8 Å². The number of hydrogen-bond acceptors (Lipinski definition) is 5. The van der Waals surface area contributed by atoms with Gasteiger partial charge in [-0.1, -0.05) is 35.9 Å². The molecule has 0 fully saturated rings. The molecule has 0 spiro atoms. The number of aryl methyl sites for hydroxylation is 2. The lowest BCUT2D eigenvalue weighted by Crippen LogP contribution is -1.91. The van der Waals surface area contributed by atoms with E-state index in [1.54, 1.807) is 18.2 Å². The second kappa shape index (κ2) is 7.30. The van der Waals surface area contributed by atoms with Crippen LogP contribution in [0, 0.1) is 35.3 Å². The van der Waals surface area contributed by atoms with Crippen molar-refractivity contribution in [3.63, 3.8) is 0 Å². The summed E-state index contributed by atoms with van der Waals surface area (Å²) in [6.45, 7) is 4.06. The van der Waals surface area contributed by atoms with Gasteiger partial charge < -0.3 is 0 Å². The second-order valence-corrected chi connectivity index (χ2v) is 6.70. The van der Waals surface area contributed by atoms with Crippen LogP contribution in [0.25, 0.3) is 22.9 Å². The number of nitro groups is 1. The van der Waals surface area contributed by atoms with Crippen molar-refractivity contribution in [3.05, 3.63) is 79.7 Å². The van der Waals surface area contributed by atoms with E-state index in [2.05, 4.69) is 17.1 Å². The lowest BCUT2D eigenvalue weighted by molar-refractivity contribution is -0.385. The summed E-state index contributed by atoms with van der Waals surface area (Å²) < 4.78 is 0. The number of aromatic nitrogens is 1. The average molecular weight is 361 g/mol. The Morgan fingerprint density at radius 1 is 1.27 bits per heavy atom. The number of para-hydroxylation sites is 1. The van der Waals surface area contributed by atoms with Crippen LogP contribution >= 0.6 is 11.3 Å². The Morgan fingerprint density at radius 3 is 2.73 bits per heavy atom. The molecule has 0 saturated heterocycles. The summed E-state index contributed by atoms with van der Waals surface area (Å²) in [4.78, 5) is 15.3. The van der Waals surface area contributed by atoms with Gasteiger partial charge >= 0.3 is 0 Å². The van der Waals surface area contributed by atoms with Crippen LogP contribution in [0.3, 0.4) is 0 Å². The van der Waals surface area contributed by atoms with E-state index in [4.69, 9.17) is 0 Å². The highest BCUT2D eigenvalue weighted by Crippen LogP contribution is 2.30. The third-order valence-corrected chi connectivity index (χ3v) is 4.82. The Hall–Kier alpha value is -3.30. The van der Waals surface area contributed by atoms with Crippen molar-refractivity contribution in [2.75, 3.05) is 0 Å². The van der Waals surface area contributed by atoms with Crippen molar-refractivity contribution in [1.29, 1.82) is 5.26 Å². The molecule has 0 atom stereocenters. The minimum atomic E-state index is -0.455. The number of benzene rings is 2. The zero-order chi connectivity index (χ0) is 18.7. The largest absolute Gasteiger partial charge is 0.276 e. The molecule has 0 aliphatic heterocycles. The molecule has 0 radical (unpaired) electrons. The minimum absolute atomic E-state index is 0.0357. The molecular weight excluding hydrogens is 346 g/mol. The van der Waals surface area contributed by atoms with Gasteiger partial charge in [0.2, 0.25) is 0 Å². The van der Waals surface area contributed by atoms with Gasteiger partial charge in [0.1, 0.15) is 11.1 Å². The molecule has 5 nitrogen and oxygen atoms in total. The molecule has 128 valence electrons. The summed E-state index contributed by atoms with van der Waals surface area (Å²) in [5.74, 6) is 0. The van der Waals surface area contributed by atoms with Gasteiger partial charge in [-0.05, 0) is 31.6 Å². The Morgan fingerprint density at radius 2 is 2.04 bits per heavy atom. The van der Waals surface area contributed by atoms with E-state index in [0.29, 0.717) is 16.1 Å². The molecule has 1 heterocycles. The molecule has 6 heteroatoms. The van der Waals surface area contributed by atoms with Gasteiger partial charge in [-0.2, -0.15) is 5.26 Å². The maximum absolute atomic E-state index is 11.2. The van der Waals surface area contributed by atoms with Crippen LogP contribution in [-0.4, -0.2) is 9.91 Å². The van der Waals surface area contributed by atoms with E-state index >= 15 is 0 Å². The van der Waals surface area contributed by atoms with Crippen LogP contribution < -0.4 is 0 Å². The highest BCUT2D eigenvalue weighted by atomic mass is 32.1. The zero-order valence-electron chi connectivity index (χ0n) is 14.3. The molecule has 1 aromatic heterocycles. The third-order valence-electron chi connectivity index (χ3n) is 3.95. The van der Waals surface area contributed by atoms with Gasteiger partial charge in [0.25, 0.3) is 5.69 Å². The predicted molar refractivity (Wildman–Crippen MR) is 104 cm³/mol. The molecular formula is C20H15N3O2S. The first-order valence-electron chi connectivity index (χ1n) is 7.88. The Bertz CT molecular complexity index is 1060. The van der Waals surface area contributed by atoms with Crippen molar-refractivity contribution in [1.82, 2.24) is 4.98 Å². The summed E-state index contributed by atoms with van der Waals surface area (Å²) in [5.41, 5.74) is 4.76. The van der Waals surface area contributed by atoms with Gasteiger partial charge in [0, 0.05) is 17.0 Å². The van der Waals surface area contributed by atoms with E-state index in [1.165, 1.54) is 29.0 Å². The Balaban J connectivity index is 2.02. The van der Waals surface area contributed by atoms with Crippen LogP contribution in [0.15, 0.2) is 47.8 Å². The molecule has 0 saturated carbocycles. The number of nitro benzene ring substituents is 1. The highest BCUT2D eigenvalue weighted by Gasteiger charge is 2.14. The minimum Gasteiger partial charge on any atom is -0.258 e. The molecule has 26 heavy (non-hydrogen) atoms. The second-order valence-electron chi connectivity index (χ2n) is 5.84. The van der Waals surface area contributed by atoms with E-state index in [1.807, 2.05) is 31.4 Å². The van der Waals surface area contributed by atoms with Crippen LogP contribution in [0.5, 0.6) is 0 Å². The standard InChI is InChI=1S/C20H15N3O2S/c1-13-7-8-17(14(2)9-13)18-12-26-20(22-18)16(11-21)10-15-5-3-4-6-19(15)23(24)25/h3-10,12H,1-2H3/b16-10+. The van der Waals surface area contributed by atoms with E-state index < -0.39 is 4.92 Å². The monoisotopic (exact) mass is 361 g/mol. The van der Waals surface area contributed by atoms with Gasteiger partial charge in [-0.15, -0.1) is 11.3 Å². The van der Waals surface area contributed by atoms with Crippen LogP contribution in [-0.2, 0) is 0 Å². The van der Waals surface area contributed by atoms with Gasteiger partial charge in [0.15, 0.2) is 0 Å². The maximum Gasteiger partial charge on any atom is 0.276 e. The zero-order valence-corrected chi connectivity index (χ0v) is 15.1. The molecule has 0 N–H and O–H groups in total. The first-order chi connectivity index (χ1) is 12.5. The van der Waals surface area contributed by atoms with Gasteiger partial charge in [-0.25, -0.2) is 4.98 Å². The summed E-state index contributed by atoms with van der Waals surface area (Å²) in [6.07, 6.45) is 1.52. The molecule has 0 bridgehead atoms. The average Bonchev–Trinajstić information content (AvgIpc) is 3.09. The number of thiazole rings is 1. The molecule has 0 aliphatic rings. The summed E-state index contributed by atoms with van der Waals surface area (Å²) in [7, 11) is 0. The number of hydrogen-bond donors (Lipinski definition) is 0. The fraction of sp³-hybridized carbons (Fsp3) is 0.100. The normalized spacial score (nSPS) is 11.2. The number of allylic oxidation sites excluding steroid dienone is 1. The number of nitrogens with zero attached hydrogens (tertiary/aromatic N) is 3. The quantitative estimate of drug-likeness (QED) is 0.354. The van der Waals surface area contributed by atoms with Crippen molar-refractivity contribution in [2.45, 2.75) is 13.8 Å². The fourth-order valence-electron chi connectivity index (χ4n) is 2.70. The van der Waals surface area contributed by atoms with E-state index in [-0.39, 0.29) is 5.69 Å². The van der Waals surface area contributed by atoms with Crippen LogP contribution in [0.4, 0.5) is 5.69 Å². The highest BCUT2D eigenvalue weighted by molar-refractivity contribution is 7.11. The Kier molecular flexibility index (Phi) is 4.92. The van der Waals surface area contributed by atoms with Gasteiger partial charge in [0.05, 0.1) is 21.8 Å². The van der Waals surface area contributed by atoms with Crippen molar-refractivity contribution >= 4 is 28.7 Å². The molecule has 3 rings (SSSR count). The third kappa shape index (κ3) is 3.53. The smallest absolute Gasteiger partial charge is 0.258 e. The Labute approximate surface area is 155 Å². The SMILES string of the molecule is Cc1ccc(-c2csc(/C(C#N)=C/c3ccccc3[N+](=O)[O-])n2)c(C)c1. The first-order valence-corrected chi connectivity index (χ1v) is 8.76. The van der Waals surface area contributed by atoms with Crippen molar-refractivity contribution in [2.24, 2.45) is 0 Å². The van der Waals surface area contributed by atoms with Crippen molar-refractivity contribution < 1.29 is 4.92 Å². The molecule has 0 aliphatic carbocycles.